The van der Waals surface area contributed by atoms with Crippen LogP contribution in [0.4, 0.5) is 0 Å². The minimum absolute atomic E-state index is 0.962. The van der Waals surface area contributed by atoms with Crippen LogP contribution >= 0.6 is 11.8 Å². The zero-order chi connectivity index (χ0) is 13.1. The summed E-state index contributed by atoms with van der Waals surface area (Å²) in [5.41, 5.74) is 1.19. The van der Waals surface area contributed by atoms with Crippen molar-refractivity contribution in [3.05, 3.63) is 72.6 Å². The lowest BCUT2D eigenvalue weighted by Gasteiger charge is -2.10. The molecule has 19 heavy (non-hydrogen) atoms. The number of benzene rings is 1. The van der Waals surface area contributed by atoms with Crippen LogP contribution in [0.1, 0.15) is 5.69 Å². The molecule has 0 fully saturated rings. The molecule has 0 saturated heterocycles. The third kappa shape index (κ3) is 2.56. The van der Waals surface area contributed by atoms with Crippen LogP contribution in [0.25, 0.3) is 5.82 Å². The Morgan fingerprint density at radius 2 is 1.68 bits per heavy atom. The third-order valence-electron chi connectivity index (χ3n) is 2.88. The van der Waals surface area contributed by atoms with Crippen molar-refractivity contribution < 1.29 is 0 Å². The van der Waals surface area contributed by atoms with E-state index in [0.717, 1.165) is 5.82 Å². The second-order valence-corrected chi connectivity index (χ2v) is 5.35. The van der Waals surface area contributed by atoms with Gasteiger partial charge in [-0.25, -0.2) is 4.98 Å². The van der Waals surface area contributed by atoms with E-state index in [9.17, 15) is 0 Å². The van der Waals surface area contributed by atoms with Gasteiger partial charge in [0, 0.05) is 16.8 Å². The van der Waals surface area contributed by atoms with Crippen LogP contribution in [-0.2, 0) is 0 Å². The summed E-state index contributed by atoms with van der Waals surface area (Å²) < 4.78 is 2.18. The van der Waals surface area contributed by atoms with Gasteiger partial charge in [-0.05, 0) is 43.3 Å². The highest BCUT2D eigenvalue weighted by Crippen LogP contribution is 2.30. The van der Waals surface area contributed by atoms with E-state index in [1.165, 1.54) is 15.6 Å². The molecule has 0 N–H and O–H groups in total. The van der Waals surface area contributed by atoms with Crippen molar-refractivity contribution in [3.63, 3.8) is 0 Å². The third-order valence-corrected chi connectivity index (χ3v) is 3.92. The first-order valence-corrected chi connectivity index (χ1v) is 6.99. The Balaban J connectivity index is 2.00. The molecule has 0 radical (unpaired) electrons. The normalized spacial score (nSPS) is 10.6. The van der Waals surface area contributed by atoms with Crippen molar-refractivity contribution in [1.82, 2.24) is 9.55 Å². The van der Waals surface area contributed by atoms with Crippen LogP contribution < -0.4 is 0 Å². The number of hydrogen-bond donors (Lipinski definition) is 0. The Labute approximate surface area is 117 Å². The van der Waals surface area contributed by atoms with Gasteiger partial charge in [-0.3, -0.25) is 4.57 Å². The maximum Gasteiger partial charge on any atom is 0.137 e. The molecule has 0 spiro atoms. The fraction of sp³-hybridized carbons (Fsp3) is 0.0625. The second-order valence-electron chi connectivity index (χ2n) is 4.25. The van der Waals surface area contributed by atoms with E-state index < -0.39 is 0 Å². The molecule has 2 nitrogen and oxygen atoms in total. The fourth-order valence-electron chi connectivity index (χ4n) is 1.98. The van der Waals surface area contributed by atoms with E-state index in [-0.39, 0.29) is 0 Å². The summed E-state index contributed by atoms with van der Waals surface area (Å²) in [4.78, 5) is 5.67. The van der Waals surface area contributed by atoms with Crippen LogP contribution in [0.15, 0.2) is 76.8 Å². The maximum absolute atomic E-state index is 4.43. The Morgan fingerprint density at radius 1 is 0.895 bits per heavy atom. The maximum atomic E-state index is 4.43. The first-order valence-electron chi connectivity index (χ1n) is 6.17. The molecule has 0 atom stereocenters. The molecule has 0 aliphatic rings. The molecule has 0 aliphatic heterocycles. The number of pyridine rings is 1. The SMILES string of the molecule is Cc1ccc(Sc2ccccc2)n1-c1ccccn1. The smallest absolute Gasteiger partial charge is 0.137 e. The minimum Gasteiger partial charge on any atom is -0.293 e. The van der Waals surface area contributed by atoms with E-state index in [1.807, 2.05) is 30.5 Å². The van der Waals surface area contributed by atoms with Gasteiger partial charge in [0.25, 0.3) is 0 Å². The van der Waals surface area contributed by atoms with Gasteiger partial charge in [0.15, 0.2) is 0 Å². The van der Waals surface area contributed by atoms with Gasteiger partial charge in [-0.15, -0.1) is 0 Å². The van der Waals surface area contributed by atoms with Crippen molar-refractivity contribution in [2.45, 2.75) is 16.8 Å². The monoisotopic (exact) mass is 266 g/mol. The standard InChI is InChI=1S/C16H14N2S/c1-13-10-11-16(19-14-7-3-2-4-8-14)18(13)15-9-5-6-12-17-15/h2-12H,1H3. The highest BCUT2D eigenvalue weighted by atomic mass is 32.2. The van der Waals surface area contributed by atoms with E-state index in [1.54, 1.807) is 11.8 Å². The van der Waals surface area contributed by atoms with Gasteiger partial charge in [0.2, 0.25) is 0 Å². The number of aryl methyl sites for hydroxylation is 1. The summed E-state index contributed by atoms with van der Waals surface area (Å²) in [5, 5.41) is 1.18. The van der Waals surface area contributed by atoms with Crippen LogP contribution in [0.2, 0.25) is 0 Å². The predicted molar refractivity (Wildman–Crippen MR) is 78.9 cm³/mol. The van der Waals surface area contributed by atoms with Gasteiger partial charge < -0.3 is 0 Å². The Bertz CT molecular complexity index is 660. The van der Waals surface area contributed by atoms with E-state index in [2.05, 4.69) is 52.9 Å². The van der Waals surface area contributed by atoms with Gasteiger partial charge in [-0.2, -0.15) is 0 Å². The van der Waals surface area contributed by atoms with Gasteiger partial charge >= 0.3 is 0 Å². The predicted octanol–water partition coefficient (Wildman–Crippen LogP) is 4.33. The van der Waals surface area contributed by atoms with Gasteiger partial charge in [0.05, 0.1) is 5.03 Å². The lowest BCUT2D eigenvalue weighted by Crippen LogP contribution is -2.00. The molecule has 1 aromatic carbocycles. The molecular formula is C16H14N2S. The van der Waals surface area contributed by atoms with Crippen molar-refractivity contribution in [2.75, 3.05) is 0 Å². The van der Waals surface area contributed by atoms with Crippen molar-refractivity contribution in [3.8, 4) is 5.82 Å². The summed E-state index contributed by atoms with van der Waals surface area (Å²) in [5.74, 6) is 0.962. The van der Waals surface area contributed by atoms with Gasteiger partial charge in [0.1, 0.15) is 5.82 Å². The van der Waals surface area contributed by atoms with Crippen LogP contribution in [0, 0.1) is 6.92 Å². The van der Waals surface area contributed by atoms with Crippen molar-refractivity contribution in [2.24, 2.45) is 0 Å². The Hall–Kier alpha value is -2.00. The van der Waals surface area contributed by atoms with Crippen LogP contribution in [-0.4, -0.2) is 9.55 Å². The lowest BCUT2D eigenvalue weighted by atomic mass is 10.4. The highest BCUT2D eigenvalue weighted by molar-refractivity contribution is 7.99. The fourth-order valence-corrected chi connectivity index (χ4v) is 2.98. The zero-order valence-corrected chi connectivity index (χ0v) is 11.5. The van der Waals surface area contributed by atoms with Crippen molar-refractivity contribution in [1.29, 1.82) is 0 Å². The number of rotatable bonds is 3. The van der Waals surface area contributed by atoms with Crippen molar-refractivity contribution >= 4 is 11.8 Å². The molecule has 0 saturated carbocycles. The number of nitrogens with zero attached hydrogens (tertiary/aromatic N) is 2. The Morgan fingerprint density at radius 3 is 2.42 bits per heavy atom. The summed E-state index contributed by atoms with van der Waals surface area (Å²) in [6.45, 7) is 2.10. The first kappa shape index (κ1) is 12.1. The molecule has 2 aromatic heterocycles. The number of hydrogen-bond acceptors (Lipinski definition) is 2. The second kappa shape index (κ2) is 5.33. The molecule has 3 rings (SSSR count). The first-order chi connectivity index (χ1) is 9.34. The average molecular weight is 266 g/mol. The van der Waals surface area contributed by atoms with E-state index in [0.29, 0.717) is 0 Å². The summed E-state index contributed by atoms with van der Waals surface area (Å²) in [7, 11) is 0. The zero-order valence-electron chi connectivity index (χ0n) is 10.7. The summed E-state index contributed by atoms with van der Waals surface area (Å²) in [6, 6.07) is 20.6. The molecule has 0 amide bonds. The van der Waals surface area contributed by atoms with E-state index in [4.69, 9.17) is 0 Å². The molecule has 0 unspecified atom stereocenters. The summed E-state index contributed by atoms with van der Waals surface area (Å²) in [6.07, 6.45) is 1.83. The molecule has 3 heteroatoms. The minimum atomic E-state index is 0.962. The molecule has 2 heterocycles. The van der Waals surface area contributed by atoms with E-state index >= 15 is 0 Å². The molecular weight excluding hydrogens is 252 g/mol. The summed E-state index contributed by atoms with van der Waals surface area (Å²) >= 11 is 1.75. The topological polar surface area (TPSA) is 17.8 Å². The highest BCUT2D eigenvalue weighted by Gasteiger charge is 2.09. The van der Waals surface area contributed by atoms with Gasteiger partial charge in [-0.1, -0.05) is 36.0 Å². The molecule has 94 valence electrons. The molecule has 0 bridgehead atoms. The quantitative estimate of drug-likeness (QED) is 0.702. The largest absolute Gasteiger partial charge is 0.293 e. The van der Waals surface area contributed by atoms with Crippen LogP contribution in [0.3, 0.4) is 0 Å². The molecule has 0 aliphatic carbocycles. The van der Waals surface area contributed by atoms with Crippen LogP contribution in [0.5, 0.6) is 0 Å². The average Bonchev–Trinajstić information content (AvgIpc) is 2.82. The Kier molecular flexibility index (Phi) is 3.38. The lowest BCUT2D eigenvalue weighted by molar-refractivity contribution is 0.875. The molecule has 3 aromatic rings. The number of aromatic nitrogens is 2.